The Labute approximate surface area is 130 Å². The molecule has 1 heterocycles. The third kappa shape index (κ3) is 6.66. The van der Waals surface area contributed by atoms with Crippen LogP contribution in [0.15, 0.2) is 4.99 Å². The average molecular weight is 299 g/mol. The number of rotatable bonds is 9. The molecule has 124 valence electrons. The van der Waals surface area contributed by atoms with E-state index >= 15 is 0 Å². The molecule has 1 N–H and O–H groups in total. The Balaban J connectivity index is 2.29. The predicted molar refractivity (Wildman–Crippen MR) is 87.8 cm³/mol. The largest absolute Gasteiger partial charge is 0.382 e. The van der Waals surface area contributed by atoms with Crippen LogP contribution in [-0.2, 0) is 9.47 Å². The van der Waals surface area contributed by atoms with Crippen molar-refractivity contribution in [1.82, 2.24) is 10.2 Å². The molecule has 1 saturated heterocycles. The summed E-state index contributed by atoms with van der Waals surface area (Å²) in [5.74, 6) is 2.38. The SMILES string of the molecule is CCC(CC)CNC(=NC)N1CCC(COCCOC)C1. The highest BCUT2D eigenvalue weighted by Crippen LogP contribution is 2.17. The van der Waals surface area contributed by atoms with Gasteiger partial charge in [0.25, 0.3) is 0 Å². The lowest BCUT2D eigenvalue weighted by Crippen LogP contribution is -2.42. The van der Waals surface area contributed by atoms with Gasteiger partial charge in [-0.2, -0.15) is 0 Å². The van der Waals surface area contributed by atoms with Gasteiger partial charge in [0, 0.05) is 39.7 Å². The molecule has 0 bridgehead atoms. The van der Waals surface area contributed by atoms with E-state index in [1.807, 2.05) is 7.05 Å². The summed E-state index contributed by atoms with van der Waals surface area (Å²) in [6.07, 6.45) is 3.62. The molecule has 0 aliphatic carbocycles. The van der Waals surface area contributed by atoms with Crippen molar-refractivity contribution < 1.29 is 9.47 Å². The van der Waals surface area contributed by atoms with Crippen LogP contribution in [0.2, 0.25) is 0 Å². The highest BCUT2D eigenvalue weighted by Gasteiger charge is 2.25. The number of aliphatic imine (C=N–C) groups is 1. The lowest BCUT2D eigenvalue weighted by Gasteiger charge is -2.23. The van der Waals surface area contributed by atoms with Crippen molar-refractivity contribution in [2.75, 3.05) is 53.6 Å². The highest BCUT2D eigenvalue weighted by atomic mass is 16.5. The zero-order valence-electron chi connectivity index (χ0n) is 14.2. The quantitative estimate of drug-likeness (QED) is 0.402. The van der Waals surface area contributed by atoms with Crippen LogP contribution in [0.5, 0.6) is 0 Å². The lowest BCUT2D eigenvalue weighted by atomic mass is 10.0. The molecule has 1 rings (SSSR count). The maximum atomic E-state index is 5.64. The Morgan fingerprint density at radius 3 is 2.71 bits per heavy atom. The Bertz CT molecular complexity index is 293. The highest BCUT2D eigenvalue weighted by molar-refractivity contribution is 5.80. The molecule has 0 aromatic rings. The molecule has 0 amide bonds. The molecule has 5 heteroatoms. The molecule has 0 saturated carbocycles. The van der Waals surface area contributed by atoms with Gasteiger partial charge in [0.1, 0.15) is 0 Å². The third-order valence-electron chi connectivity index (χ3n) is 4.29. The van der Waals surface area contributed by atoms with Crippen LogP contribution in [0.25, 0.3) is 0 Å². The van der Waals surface area contributed by atoms with Crippen LogP contribution in [0, 0.1) is 11.8 Å². The van der Waals surface area contributed by atoms with Crippen molar-refractivity contribution in [1.29, 1.82) is 0 Å². The van der Waals surface area contributed by atoms with Gasteiger partial charge in [0.2, 0.25) is 0 Å². The maximum absolute atomic E-state index is 5.64. The number of likely N-dealkylation sites (tertiary alicyclic amines) is 1. The summed E-state index contributed by atoms with van der Waals surface area (Å²) < 4.78 is 10.6. The minimum Gasteiger partial charge on any atom is -0.382 e. The van der Waals surface area contributed by atoms with Crippen LogP contribution in [0.3, 0.4) is 0 Å². The smallest absolute Gasteiger partial charge is 0.193 e. The van der Waals surface area contributed by atoms with E-state index < -0.39 is 0 Å². The number of nitrogens with one attached hydrogen (secondary N) is 1. The molecule has 0 radical (unpaired) electrons. The molecular formula is C16H33N3O2. The van der Waals surface area contributed by atoms with Gasteiger partial charge in [-0.15, -0.1) is 0 Å². The Hall–Kier alpha value is -0.810. The topological polar surface area (TPSA) is 46.1 Å². The molecule has 0 aromatic heterocycles. The van der Waals surface area contributed by atoms with Crippen molar-refractivity contribution in [3.63, 3.8) is 0 Å². The number of nitrogens with zero attached hydrogens (tertiary/aromatic N) is 2. The second-order valence-corrected chi connectivity index (χ2v) is 5.78. The first-order valence-electron chi connectivity index (χ1n) is 8.27. The van der Waals surface area contributed by atoms with Gasteiger partial charge in [0.15, 0.2) is 5.96 Å². The zero-order chi connectivity index (χ0) is 15.5. The molecule has 0 spiro atoms. The van der Waals surface area contributed by atoms with E-state index in [0.717, 1.165) is 38.1 Å². The Kier molecular flexibility index (Phi) is 9.42. The molecule has 1 unspecified atom stereocenters. The second kappa shape index (κ2) is 10.9. The minimum absolute atomic E-state index is 0.605. The summed E-state index contributed by atoms with van der Waals surface area (Å²) in [5, 5.41) is 3.53. The molecule has 1 aliphatic heterocycles. The first-order valence-corrected chi connectivity index (χ1v) is 8.27. The first-order chi connectivity index (χ1) is 10.2. The van der Waals surface area contributed by atoms with E-state index in [4.69, 9.17) is 9.47 Å². The van der Waals surface area contributed by atoms with E-state index in [2.05, 4.69) is 29.1 Å². The van der Waals surface area contributed by atoms with E-state index in [1.165, 1.54) is 19.3 Å². The molecular weight excluding hydrogens is 266 g/mol. The van der Waals surface area contributed by atoms with E-state index in [9.17, 15) is 0 Å². The number of guanidine groups is 1. The Morgan fingerprint density at radius 2 is 2.10 bits per heavy atom. The van der Waals surface area contributed by atoms with Gasteiger partial charge in [-0.1, -0.05) is 26.7 Å². The fraction of sp³-hybridized carbons (Fsp3) is 0.938. The normalized spacial score (nSPS) is 19.6. The number of methoxy groups -OCH3 is 1. The number of hydrogen-bond donors (Lipinski definition) is 1. The summed E-state index contributed by atoms with van der Waals surface area (Å²) in [7, 11) is 3.58. The fourth-order valence-electron chi connectivity index (χ4n) is 2.70. The molecule has 21 heavy (non-hydrogen) atoms. The zero-order valence-corrected chi connectivity index (χ0v) is 14.2. The van der Waals surface area contributed by atoms with E-state index in [0.29, 0.717) is 19.1 Å². The molecule has 5 nitrogen and oxygen atoms in total. The molecule has 1 aliphatic rings. The second-order valence-electron chi connectivity index (χ2n) is 5.78. The molecule has 0 aromatic carbocycles. The van der Waals surface area contributed by atoms with E-state index in [-0.39, 0.29) is 0 Å². The van der Waals surface area contributed by atoms with Crippen molar-refractivity contribution in [3.8, 4) is 0 Å². The van der Waals surface area contributed by atoms with E-state index in [1.54, 1.807) is 7.11 Å². The van der Waals surface area contributed by atoms with Crippen molar-refractivity contribution >= 4 is 5.96 Å². The van der Waals surface area contributed by atoms with Crippen LogP contribution < -0.4 is 5.32 Å². The van der Waals surface area contributed by atoms with Gasteiger partial charge in [-0.25, -0.2) is 0 Å². The van der Waals surface area contributed by atoms with Crippen LogP contribution in [0.1, 0.15) is 33.1 Å². The lowest BCUT2D eigenvalue weighted by molar-refractivity contribution is 0.0536. The van der Waals surface area contributed by atoms with Crippen molar-refractivity contribution in [2.45, 2.75) is 33.1 Å². The summed E-state index contributed by atoms with van der Waals surface area (Å²) in [6.45, 7) is 9.82. The van der Waals surface area contributed by atoms with Crippen LogP contribution >= 0.6 is 0 Å². The molecule has 1 atom stereocenters. The third-order valence-corrected chi connectivity index (χ3v) is 4.29. The monoisotopic (exact) mass is 299 g/mol. The summed E-state index contributed by atoms with van der Waals surface area (Å²) in [6, 6.07) is 0. The predicted octanol–water partition coefficient (Wildman–Crippen LogP) is 1.98. The summed E-state index contributed by atoms with van der Waals surface area (Å²) >= 11 is 0. The maximum Gasteiger partial charge on any atom is 0.193 e. The van der Waals surface area contributed by atoms with Crippen LogP contribution in [-0.4, -0.2) is 64.5 Å². The van der Waals surface area contributed by atoms with Crippen molar-refractivity contribution in [2.24, 2.45) is 16.8 Å². The van der Waals surface area contributed by atoms with Gasteiger partial charge < -0.3 is 19.7 Å². The van der Waals surface area contributed by atoms with Gasteiger partial charge in [-0.3, -0.25) is 4.99 Å². The van der Waals surface area contributed by atoms with Gasteiger partial charge in [0.05, 0.1) is 19.8 Å². The number of hydrogen-bond acceptors (Lipinski definition) is 3. The summed E-state index contributed by atoms with van der Waals surface area (Å²) in [5.41, 5.74) is 0. The summed E-state index contributed by atoms with van der Waals surface area (Å²) in [4.78, 5) is 6.78. The number of ether oxygens (including phenoxy) is 2. The molecule has 1 fully saturated rings. The van der Waals surface area contributed by atoms with Gasteiger partial charge >= 0.3 is 0 Å². The Morgan fingerprint density at radius 1 is 1.33 bits per heavy atom. The minimum atomic E-state index is 0.605. The van der Waals surface area contributed by atoms with Crippen molar-refractivity contribution in [3.05, 3.63) is 0 Å². The van der Waals surface area contributed by atoms with Gasteiger partial charge in [-0.05, 0) is 12.3 Å². The fourth-order valence-corrected chi connectivity index (χ4v) is 2.70. The van der Waals surface area contributed by atoms with Crippen LogP contribution in [0.4, 0.5) is 0 Å². The average Bonchev–Trinajstić information content (AvgIpc) is 2.97. The standard InChI is InChI=1S/C16H33N3O2/c1-5-14(6-2)11-18-16(17-3)19-8-7-15(12-19)13-21-10-9-20-4/h14-15H,5-13H2,1-4H3,(H,17,18). The first kappa shape index (κ1) is 18.2.